The standard InChI is InChI=1S/C16H15Cl2NO3/c1-16(2,22-9-20)13-8-12(17)14(18)15(19-13)10-4-6-11(21-3)7-5-10/h4-9H,1-3H3. The third-order valence-corrected chi connectivity index (χ3v) is 4.01. The maximum atomic E-state index is 10.6. The highest BCUT2D eigenvalue weighted by Gasteiger charge is 2.26. The lowest BCUT2D eigenvalue weighted by Crippen LogP contribution is -2.22. The van der Waals surface area contributed by atoms with E-state index in [2.05, 4.69) is 4.98 Å². The molecule has 0 saturated heterocycles. The molecular formula is C16H15Cl2NO3. The quantitative estimate of drug-likeness (QED) is 0.754. The Morgan fingerprint density at radius 1 is 1.18 bits per heavy atom. The molecule has 1 aromatic carbocycles. The highest BCUT2D eigenvalue weighted by Crippen LogP contribution is 2.36. The van der Waals surface area contributed by atoms with Crippen molar-refractivity contribution in [2.24, 2.45) is 0 Å². The van der Waals surface area contributed by atoms with Gasteiger partial charge in [-0.2, -0.15) is 0 Å². The topological polar surface area (TPSA) is 48.4 Å². The number of hydrogen-bond acceptors (Lipinski definition) is 4. The molecule has 0 N–H and O–H groups in total. The Bertz CT molecular complexity index is 685. The van der Waals surface area contributed by atoms with Crippen molar-refractivity contribution in [2.75, 3.05) is 7.11 Å². The lowest BCUT2D eigenvalue weighted by Gasteiger charge is -2.23. The zero-order valence-electron chi connectivity index (χ0n) is 12.4. The summed E-state index contributed by atoms with van der Waals surface area (Å²) in [6.45, 7) is 3.84. The highest BCUT2D eigenvalue weighted by atomic mass is 35.5. The first-order valence-corrected chi connectivity index (χ1v) is 7.27. The number of halogens is 2. The van der Waals surface area contributed by atoms with Gasteiger partial charge in [-0.15, -0.1) is 0 Å². The molecule has 0 radical (unpaired) electrons. The fourth-order valence-corrected chi connectivity index (χ4v) is 2.33. The zero-order valence-corrected chi connectivity index (χ0v) is 13.9. The number of rotatable bonds is 5. The van der Waals surface area contributed by atoms with Crippen molar-refractivity contribution in [2.45, 2.75) is 19.4 Å². The number of pyridine rings is 1. The Morgan fingerprint density at radius 2 is 1.82 bits per heavy atom. The lowest BCUT2D eigenvalue weighted by atomic mass is 10.0. The van der Waals surface area contributed by atoms with Crippen molar-refractivity contribution < 1.29 is 14.3 Å². The first-order valence-electron chi connectivity index (χ1n) is 6.51. The fourth-order valence-electron chi connectivity index (χ4n) is 1.93. The van der Waals surface area contributed by atoms with Crippen LogP contribution < -0.4 is 4.74 Å². The van der Waals surface area contributed by atoms with Crippen molar-refractivity contribution in [1.29, 1.82) is 0 Å². The van der Waals surface area contributed by atoms with E-state index in [-0.39, 0.29) is 0 Å². The van der Waals surface area contributed by atoms with E-state index in [1.807, 2.05) is 12.1 Å². The van der Waals surface area contributed by atoms with Crippen LogP contribution in [0, 0.1) is 0 Å². The Kier molecular flexibility index (Phi) is 4.94. The fraction of sp³-hybridized carbons (Fsp3) is 0.250. The van der Waals surface area contributed by atoms with Gasteiger partial charge >= 0.3 is 0 Å². The normalized spacial score (nSPS) is 11.1. The van der Waals surface area contributed by atoms with Gasteiger partial charge in [-0.05, 0) is 44.2 Å². The molecule has 0 aliphatic rings. The summed E-state index contributed by atoms with van der Waals surface area (Å²) >= 11 is 12.5. The second-order valence-electron chi connectivity index (χ2n) is 5.10. The Balaban J connectivity index is 2.55. The molecular weight excluding hydrogens is 325 g/mol. The van der Waals surface area contributed by atoms with Crippen LogP contribution in [0.5, 0.6) is 5.75 Å². The number of carbonyl (C=O) groups excluding carboxylic acids is 1. The average molecular weight is 340 g/mol. The van der Waals surface area contributed by atoms with Crippen LogP contribution in [0.2, 0.25) is 10.0 Å². The van der Waals surface area contributed by atoms with Crippen LogP contribution >= 0.6 is 23.2 Å². The molecule has 2 aromatic rings. The second-order valence-corrected chi connectivity index (χ2v) is 5.89. The van der Waals surface area contributed by atoms with E-state index in [1.54, 1.807) is 39.2 Å². The van der Waals surface area contributed by atoms with Gasteiger partial charge in [0.15, 0.2) is 0 Å². The third kappa shape index (κ3) is 3.34. The van der Waals surface area contributed by atoms with E-state index >= 15 is 0 Å². The minimum atomic E-state index is -0.906. The molecule has 4 nitrogen and oxygen atoms in total. The predicted molar refractivity (Wildman–Crippen MR) is 86.4 cm³/mol. The lowest BCUT2D eigenvalue weighted by molar-refractivity contribution is -0.141. The molecule has 0 bridgehead atoms. The van der Waals surface area contributed by atoms with Crippen LogP contribution in [-0.4, -0.2) is 18.6 Å². The van der Waals surface area contributed by atoms with Gasteiger partial charge < -0.3 is 9.47 Å². The number of aromatic nitrogens is 1. The average Bonchev–Trinajstić information content (AvgIpc) is 2.50. The molecule has 0 aliphatic carbocycles. The van der Waals surface area contributed by atoms with Gasteiger partial charge in [0.1, 0.15) is 11.4 Å². The number of benzene rings is 1. The molecule has 22 heavy (non-hydrogen) atoms. The summed E-state index contributed by atoms with van der Waals surface area (Å²) in [5, 5.41) is 0.692. The summed E-state index contributed by atoms with van der Waals surface area (Å²) in [6, 6.07) is 8.88. The summed E-state index contributed by atoms with van der Waals surface area (Å²) in [4.78, 5) is 15.2. The number of hydrogen-bond donors (Lipinski definition) is 0. The van der Waals surface area contributed by atoms with Crippen LogP contribution in [0.4, 0.5) is 0 Å². The van der Waals surface area contributed by atoms with Gasteiger partial charge in [-0.3, -0.25) is 4.79 Å². The molecule has 116 valence electrons. The smallest absolute Gasteiger partial charge is 0.294 e. The van der Waals surface area contributed by atoms with Crippen LogP contribution in [0.15, 0.2) is 30.3 Å². The summed E-state index contributed by atoms with van der Waals surface area (Å²) in [5.74, 6) is 0.728. The van der Waals surface area contributed by atoms with Gasteiger partial charge in [0, 0.05) is 5.56 Å². The Hall–Kier alpha value is -1.78. The van der Waals surface area contributed by atoms with E-state index < -0.39 is 5.60 Å². The molecule has 0 atom stereocenters. The van der Waals surface area contributed by atoms with E-state index in [1.165, 1.54) is 0 Å². The molecule has 1 aromatic heterocycles. The highest BCUT2D eigenvalue weighted by molar-refractivity contribution is 6.43. The SMILES string of the molecule is COc1ccc(-c2nc(C(C)(C)OC=O)cc(Cl)c2Cl)cc1. The summed E-state index contributed by atoms with van der Waals surface area (Å²) in [6.07, 6.45) is 0. The number of carbonyl (C=O) groups is 1. The van der Waals surface area contributed by atoms with Gasteiger partial charge in [-0.25, -0.2) is 4.98 Å². The maximum absolute atomic E-state index is 10.6. The molecule has 0 aliphatic heterocycles. The molecule has 1 heterocycles. The maximum Gasteiger partial charge on any atom is 0.294 e. The molecule has 0 amide bonds. The van der Waals surface area contributed by atoms with Crippen molar-refractivity contribution in [3.05, 3.63) is 46.1 Å². The molecule has 0 unspecified atom stereocenters. The van der Waals surface area contributed by atoms with E-state index in [4.69, 9.17) is 32.7 Å². The first-order chi connectivity index (χ1) is 10.4. The Morgan fingerprint density at radius 3 is 2.36 bits per heavy atom. The predicted octanol–water partition coefficient (Wildman–Crippen LogP) is 4.47. The van der Waals surface area contributed by atoms with E-state index in [0.29, 0.717) is 27.9 Å². The summed E-state index contributed by atoms with van der Waals surface area (Å²) in [5.41, 5.74) is 0.919. The molecule has 0 saturated carbocycles. The van der Waals surface area contributed by atoms with Crippen molar-refractivity contribution in [3.8, 4) is 17.0 Å². The van der Waals surface area contributed by atoms with Crippen molar-refractivity contribution in [1.82, 2.24) is 4.98 Å². The molecule has 6 heteroatoms. The Labute approximate surface area is 139 Å². The molecule has 2 rings (SSSR count). The minimum Gasteiger partial charge on any atom is -0.497 e. The van der Waals surface area contributed by atoms with Gasteiger partial charge in [0.25, 0.3) is 6.47 Å². The number of nitrogens with zero attached hydrogens (tertiary/aromatic N) is 1. The van der Waals surface area contributed by atoms with Crippen LogP contribution in [0.1, 0.15) is 19.5 Å². The number of ether oxygens (including phenoxy) is 2. The van der Waals surface area contributed by atoms with Crippen molar-refractivity contribution in [3.63, 3.8) is 0 Å². The first kappa shape index (κ1) is 16.6. The van der Waals surface area contributed by atoms with Crippen LogP contribution in [0.3, 0.4) is 0 Å². The monoisotopic (exact) mass is 339 g/mol. The second kappa shape index (κ2) is 6.55. The van der Waals surface area contributed by atoms with Gasteiger partial charge in [-0.1, -0.05) is 23.2 Å². The van der Waals surface area contributed by atoms with Crippen molar-refractivity contribution >= 4 is 29.7 Å². The third-order valence-electron chi connectivity index (χ3n) is 3.24. The summed E-state index contributed by atoms with van der Waals surface area (Å²) in [7, 11) is 1.59. The largest absolute Gasteiger partial charge is 0.497 e. The van der Waals surface area contributed by atoms with Crippen LogP contribution in [-0.2, 0) is 15.1 Å². The van der Waals surface area contributed by atoms with Crippen LogP contribution in [0.25, 0.3) is 11.3 Å². The minimum absolute atomic E-state index is 0.345. The molecule has 0 spiro atoms. The van der Waals surface area contributed by atoms with E-state index in [0.717, 1.165) is 11.3 Å². The molecule has 0 fully saturated rings. The van der Waals surface area contributed by atoms with Gasteiger partial charge in [0.05, 0.1) is 28.5 Å². The zero-order chi connectivity index (χ0) is 16.3. The van der Waals surface area contributed by atoms with E-state index in [9.17, 15) is 4.79 Å². The number of methoxy groups -OCH3 is 1. The summed E-state index contributed by atoms with van der Waals surface area (Å²) < 4.78 is 10.2. The van der Waals surface area contributed by atoms with Gasteiger partial charge in [0.2, 0.25) is 0 Å².